The molecule has 198 valence electrons. The molecule has 3 atom stereocenters. The van der Waals surface area contributed by atoms with Gasteiger partial charge in [-0.1, -0.05) is 11.6 Å². The maximum Gasteiger partial charge on any atom is 0.573 e. The number of fused-ring (bicyclic) bond motifs is 2. The minimum atomic E-state index is -4.94. The maximum absolute atomic E-state index is 13.3. The average Bonchev–Trinajstić information content (AvgIpc) is 3.03. The van der Waals surface area contributed by atoms with Crippen LogP contribution in [0.2, 0.25) is 5.02 Å². The molecule has 0 N–H and O–H groups in total. The van der Waals surface area contributed by atoms with Crippen molar-refractivity contribution in [3.8, 4) is 5.75 Å². The van der Waals surface area contributed by atoms with Gasteiger partial charge in [0.2, 0.25) is 10.0 Å². The van der Waals surface area contributed by atoms with E-state index in [0.29, 0.717) is 18.9 Å². The predicted molar refractivity (Wildman–Crippen MR) is 116 cm³/mol. The van der Waals surface area contributed by atoms with E-state index in [1.165, 1.54) is 0 Å². The van der Waals surface area contributed by atoms with E-state index in [0.717, 1.165) is 40.7 Å². The van der Waals surface area contributed by atoms with Crippen molar-refractivity contribution in [3.05, 3.63) is 53.1 Å². The summed E-state index contributed by atoms with van der Waals surface area (Å²) >= 11 is 5.60. The molecule has 0 amide bonds. The Bertz CT molecular complexity index is 1350. The topological polar surface area (TPSA) is 80.8 Å². The number of halogens is 7. The third-order valence-corrected chi connectivity index (χ3v) is 10.8. The highest BCUT2D eigenvalue weighted by Crippen LogP contribution is 2.44. The van der Waals surface area contributed by atoms with Crippen LogP contribution in [0.4, 0.5) is 26.3 Å². The number of sulfonamides is 1. The fourth-order valence-electron chi connectivity index (χ4n) is 4.76. The summed E-state index contributed by atoms with van der Waals surface area (Å²) in [6.45, 7) is 0. The van der Waals surface area contributed by atoms with Gasteiger partial charge in [-0.15, -0.1) is 13.2 Å². The summed E-state index contributed by atoms with van der Waals surface area (Å²) in [6, 6.07) is 4.44. The van der Waals surface area contributed by atoms with Gasteiger partial charge in [0.05, 0.1) is 25.6 Å². The zero-order valence-electron chi connectivity index (χ0n) is 18.1. The van der Waals surface area contributed by atoms with Crippen molar-refractivity contribution in [3.63, 3.8) is 0 Å². The Morgan fingerprint density at radius 3 is 1.86 bits per heavy atom. The molecule has 2 saturated heterocycles. The first-order chi connectivity index (χ1) is 16.5. The van der Waals surface area contributed by atoms with Crippen molar-refractivity contribution >= 4 is 31.5 Å². The lowest BCUT2D eigenvalue weighted by Crippen LogP contribution is -2.49. The first-order valence-corrected chi connectivity index (χ1v) is 13.9. The minimum Gasteiger partial charge on any atom is -0.406 e. The number of hydrogen-bond acceptors (Lipinski definition) is 5. The van der Waals surface area contributed by atoms with Gasteiger partial charge in [0.15, 0.2) is 9.84 Å². The second kappa shape index (κ2) is 9.07. The summed E-state index contributed by atoms with van der Waals surface area (Å²) in [5.74, 6) is -0.594. The summed E-state index contributed by atoms with van der Waals surface area (Å²) < 4.78 is 135. The molecule has 2 aromatic rings. The highest BCUT2D eigenvalue weighted by molar-refractivity contribution is 7.92. The zero-order valence-corrected chi connectivity index (χ0v) is 20.4. The molecule has 0 aromatic heterocycles. The van der Waals surface area contributed by atoms with E-state index in [4.69, 9.17) is 11.6 Å². The summed E-state index contributed by atoms with van der Waals surface area (Å²) in [4.78, 5) is -0.845. The normalized spacial score (nSPS) is 23.6. The van der Waals surface area contributed by atoms with E-state index in [-0.39, 0.29) is 17.7 Å². The Morgan fingerprint density at radius 1 is 0.833 bits per heavy atom. The third kappa shape index (κ3) is 5.18. The number of rotatable bonds is 5. The standard InChI is InChI=1S/C21H18ClF6NO5S2/c22-19-8-7-16(11-18(19)20(23,24)25)36(32,33)29-12-1-2-13(29)10-17(9-12)35(30,31)15-5-3-14(4-6-15)34-21(26,27)28/h3-8,11-13,17H,1-2,9-10H2/t12-,13+,17?. The molecule has 15 heteroatoms. The van der Waals surface area contributed by atoms with Crippen LogP contribution in [0.5, 0.6) is 5.75 Å². The molecule has 2 aliphatic rings. The lowest BCUT2D eigenvalue weighted by molar-refractivity contribution is -0.274. The van der Waals surface area contributed by atoms with Gasteiger partial charge in [-0.3, -0.25) is 0 Å². The Labute approximate surface area is 207 Å². The number of benzene rings is 2. The molecular formula is C21H18ClF6NO5S2. The number of piperidine rings is 1. The van der Waals surface area contributed by atoms with E-state index < -0.39 is 71.0 Å². The van der Waals surface area contributed by atoms with Crippen LogP contribution in [0, 0.1) is 0 Å². The van der Waals surface area contributed by atoms with Gasteiger partial charge in [-0.05, 0) is 68.1 Å². The molecule has 0 spiro atoms. The SMILES string of the molecule is O=S(=O)(c1ccc(OC(F)(F)F)cc1)C1C[C@H]2CC[C@@H](C1)N2S(=O)(=O)c1ccc(Cl)c(C(F)(F)F)c1. The molecule has 36 heavy (non-hydrogen) atoms. The molecule has 2 aliphatic heterocycles. The fourth-order valence-corrected chi connectivity index (χ4v) is 8.75. The zero-order chi connectivity index (χ0) is 26.7. The summed E-state index contributed by atoms with van der Waals surface area (Å²) in [5, 5.41) is -1.67. The van der Waals surface area contributed by atoms with E-state index in [2.05, 4.69) is 4.74 Å². The molecule has 0 saturated carbocycles. The smallest absolute Gasteiger partial charge is 0.406 e. The molecular weight excluding hydrogens is 560 g/mol. The number of hydrogen-bond donors (Lipinski definition) is 0. The third-order valence-electron chi connectivity index (χ3n) is 6.27. The van der Waals surface area contributed by atoms with E-state index in [1.54, 1.807) is 0 Å². The Morgan fingerprint density at radius 2 is 1.36 bits per heavy atom. The van der Waals surface area contributed by atoms with Crippen LogP contribution in [0.1, 0.15) is 31.2 Å². The minimum absolute atomic E-state index is 0.113. The number of sulfone groups is 1. The van der Waals surface area contributed by atoms with Crippen molar-refractivity contribution in [2.24, 2.45) is 0 Å². The molecule has 0 aliphatic carbocycles. The molecule has 2 aromatic carbocycles. The lowest BCUT2D eigenvalue weighted by Gasteiger charge is -2.37. The monoisotopic (exact) mass is 577 g/mol. The van der Waals surface area contributed by atoms with Gasteiger partial charge in [0, 0.05) is 12.1 Å². The maximum atomic E-state index is 13.3. The van der Waals surface area contributed by atoms with Crippen molar-refractivity contribution < 1.29 is 47.9 Å². The molecule has 4 rings (SSSR count). The van der Waals surface area contributed by atoms with Crippen LogP contribution in [0.3, 0.4) is 0 Å². The van der Waals surface area contributed by atoms with E-state index >= 15 is 0 Å². The van der Waals surface area contributed by atoms with Crippen molar-refractivity contribution in [1.82, 2.24) is 4.31 Å². The number of nitrogens with zero attached hydrogens (tertiary/aromatic N) is 1. The Hall–Kier alpha value is -2.03. The van der Waals surface area contributed by atoms with E-state index in [9.17, 15) is 43.2 Å². The Kier molecular flexibility index (Phi) is 6.80. The highest BCUT2D eigenvalue weighted by atomic mass is 35.5. The van der Waals surface area contributed by atoms with Crippen LogP contribution in [0.15, 0.2) is 52.3 Å². The lowest BCUT2D eigenvalue weighted by atomic mass is 10.1. The van der Waals surface area contributed by atoms with Crippen molar-refractivity contribution in [2.75, 3.05) is 0 Å². The second-order valence-electron chi connectivity index (χ2n) is 8.52. The quantitative estimate of drug-likeness (QED) is 0.444. The number of ether oxygens (including phenoxy) is 1. The van der Waals surface area contributed by atoms with Crippen molar-refractivity contribution in [2.45, 2.75) is 65.3 Å². The molecule has 2 heterocycles. The summed E-state index contributed by atoms with van der Waals surface area (Å²) in [5.41, 5.74) is -1.30. The molecule has 6 nitrogen and oxygen atoms in total. The van der Waals surface area contributed by atoms with Crippen molar-refractivity contribution in [1.29, 1.82) is 0 Å². The average molecular weight is 578 g/mol. The van der Waals surface area contributed by atoms with Crippen LogP contribution in [-0.2, 0) is 26.0 Å². The van der Waals surface area contributed by atoms with Crippen LogP contribution in [-0.4, -0.2) is 44.8 Å². The summed E-state index contributed by atoms with van der Waals surface area (Å²) in [6.07, 6.45) is -9.41. The first kappa shape index (κ1) is 27.0. The van der Waals surface area contributed by atoms with Gasteiger partial charge in [0.25, 0.3) is 0 Å². The van der Waals surface area contributed by atoms with E-state index in [1.807, 2.05) is 0 Å². The van der Waals surface area contributed by atoms with Crippen LogP contribution < -0.4 is 4.74 Å². The summed E-state index contributed by atoms with van der Waals surface area (Å²) in [7, 11) is -8.44. The van der Waals surface area contributed by atoms with Gasteiger partial charge >= 0.3 is 12.5 Å². The van der Waals surface area contributed by atoms with Gasteiger partial charge in [0.1, 0.15) is 5.75 Å². The predicted octanol–water partition coefficient (Wildman–Crippen LogP) is 5.42. The second-order valence-corrected chi connectivity index (χ2v) is 13.0. The van der Waals surface area contributed by atoms with Gasteiger partial charge < -0.3 is 4.74 Å². The van der Waals surface area contributed by atoms with Crippen LogP contribution in [0.25, 0.3) is 0 Å². The molecule has 0 radical (unpaired) electrons. The van der Waals surface area contributed by atoms with Crippen LogP contribution >= 0.6 is 11.6 Å². The van der Waals surface area contributed by atoms with Gasteiger partial charge in [-0.25, -0.2) is 16.8 Å². The fraction of sp³-hybridized carbons (Fsp3) is 0.429. The molecule has 2 fully saturated rings. The van der Waals surface area contributed by atoms with Gasteiger partial charge in [-0.2, -0.15) is 17.5 Å². The molecule has 1 unspecified atom stereocenters. The highest BCUT2D eigenvalue weighted by Gasteiger charge is 2.50. The number of alkyl halides is 6. The molecule has 2 bridgehead atoms. The first-order valence-electron chi connectivity index (χ1n) is 10.5. The Balaban J connectivity index is 1.57. The largest absolute Gasteiger partial charge is 0.573 e.